The standard InChI is InChI=1S/C23H15N3O.C16H11BrN2O.C16H12N2O.C11H9NO.C10H10BNO2.C6H7BO2/c24-15-17-8-4-5-11-20(17)21-14-18(22-12-6-7-13-25-22)16-26(23(21)27)19-9-2-1-3-10-19;17-14-10-12(15-8-4-5-9-18-15)11-19(16(14)20)13-6-2-1-3-7-13;19-16-10-9-13(15-8-4-5-11-17-15)12-18(16)14-6-2-1-3-7-14;13-10-6-4-9(5-7-10)11-3-1-2-8-12-11;12-8-9-4-1-2-5-10(9)11-13-6-3-7-14-11;8-7(9)6-4-2-1-3-5-6/h1-14,16H;1-11H;1-12H;1-6,8H,7H2;1-2,4-5H,3,6-7H2;1-5,8-9H. The molecule has 13 aromatic rings. The van der Waals surface area contributed by atoms with Crippen molar-refractivity contribution in [1.29, 1.82) is 10.5 Å². The van der Waals surface area contributed by atoms with Gasteiger partial charge >= 0.3 is 14.2 Å². The largest absolute Gasteiger partial charge is 0.495 e. The van der Waals surface area contributed by atoms with E-state index in [9.17, 15) is 24.4 Å². The number of carbonyl (C=O) groups is 1. The van der Waals surface area contributed by atoms with E-state index >= 15 is 0 Å². The van der Waals surface area contributed by atoms with Crippen molar-refractivity contribution < 1.29 is 24.2 Å². The summed E-state index contributed by atoms with van der Waals surface area (Å²) < 4.78 is 16.2. The Morgan fingerprint density at radius 3 is 1.37 bits per heavy atom. The molecule has 8 heterocycles. The quantitative estimate of drug-likeness (QED) is 0.121. The number of pyridine rings is 7. The molecule has 0 bridgehead atoms. The van der Waals surface area contributed by atoms with Crippen LogP contribution in [0.3, 0.4) is 0 Å². The van der Waals surface area contributed by atoms with Gasteiger partial charge in [-0.1, -0.05) is 152 Å². The van der Waals surface area contributed by atoms with Crippen LogP contribution in [-0.2, 0) is 14.1 Å². The van der Waals surface area contributed by atoms with Crippen LogP contribution in [0.1, 0.15) is 29.7 Å². The number of nitriles is 2. The molecule has 1 aliphatic heterocycles. The number of nitrogens with zero attached hydrogens (tertiary/aromatic N) is 9. The molecule has 17 nitrogen and oxygen atoms in total. The van der Waals surface area contributed by atoms with Gasteiger partial charge in [-0.3, -0.25) is 52.8 Å². The number of benzene rings is 6. The molecule has 102 heavy (non-hydrogen) atoms. The molecule has 2 N–H and O–H groups in total. The normalized spacial score (nSPS) is 11.8. The zero-order valence-electron chi connectivity index (χ0n) is 54.9. The van der Waals surface area contributed by atoms with E-state index < -0.39 is 7.12 Å². The lowest BCUT2D eigenvalue weighted by Gasteiger charge is -2.20. The van der Waals surface area contributed by atoms with E-state index in [0.717, 1.165) is 74.0 Å². The smallest absolute Gasteiger partial charge is 0.423 e. The van der Waals surface area contributed by atoms with E-state index in [4.69, 9.17) is 24.6 Å². The van der Waals surface area contributed by atoms with Crippen LogP contribution in [0.4, 0.5) is 0 Å². The maximum atomic E-state index is 13.3. The Morgan fingerprint density at radius 1 is 0.441 bits per heavy atom. The highest BCUT2D eigenvalue weighted by Crippen LogP contribution is 2.27. The SMILES string of the molecule is N#Cc1ccccc1-c1cc(-c2ccccn2)cn(-c2ccccc2)c1=O.N#Cc1ccccc1B1OCCCO1.O=C1C=CC(c2ccccn2)=CC1.O=c1c(Br)cc(-c2ccccn2)cn1-c1ccccc1.O=c1ccc(-c2ccccn2)cn1-c1ccccc1.OB(O)c1ccccc1. The van der Waals surface area contributed by atoms with Crippen LogP contribution in [0.15, 0.2) is 347 Å². The predicted molar refractivity (Wildman–Crippen MR) is 404 cm³/mol. The van der Waals surface area contributed by atoms with Crippen molar-refractivity contribution in [2.45, 2.75) is 12.8 Å². The van der Waals surface area contributed by atoms with Gasteiger partial charge in [-0.05, 0) is 161 Å². The fraction of sp³-hybridized carbons (Fsp3) is 0.0488. The fourth-order valence-corrected chi connectivity index (χ4v) is 10.8. The summed E-state index contributed by atoms with van der Waals surface area (Å²) in [7, 11) is -1.70. The zero-order chi connectivity index (χ0) is 71.3. The summed E-state index contributed by atoms with van der Waals surface area (Å²) in [6.45, 7) is 1.40. The van der Waals surface area contributed by atoms with Crippen LogP contribution in [-0.4, -0.2) is 76.9 Å². The molecule has 1 aliphatic carbocycles. The summed E-state index contributed by atoms with van der Waals surface area (Å²) in [6.07, 6.45) is 19.1. The second-order valence-electron chi connectivity index (χ2n) is 22.3. The average Bonchev–Trinajstić information content (AvgIpc) is 0.779. The van der Waals surface area contributed by atoms with Gasteiger partial charge in [-0.2, -0.15) is 10.5 Å². The molecule has 2 aliphatic rings. The molecule has 0 amide bonds. The third-order valence-corrected chi connectivity index (χ3v) is 16.0. The number of hydrogen-bond acceptors (Lipinski definition) is 14. The Labute approximate surface area is 598 Å². The van der Waals surface area contributed by atoms with Crippen molar-refractivity contribution in [3.05, 3.63) is 381 Å². The minimum atomic E-state index is -1.34. The summed E-state index contributed by atoms with van der Waals surface area (Å²) in [5.41, 5.74) is 12.7. The van der Waals surface area contributed by atoms with Gasteiger partial charge in [0.25, 0.3) is 16.7 Å². The van der Waals surface area contributed by atoms with E-state index in [2.05, 4.69) is 48.0 Å². The number of halogens is 1. The number of aromatic nitrogens is 7. The number of ketones is 1. The van der Waals surface area contributed by atoms with Crippen molar-refractivity contribution in [2.75, 3.05) is 13.2 Å². The molecule has 1 saturated heterocycles. The molecule has 0 radical (unpaired) electrons. The van der Waals surface area contributed by atoms with E-state index in [1.54, 1.807) is 124 Å². The van der Waals surface area contributed by atoms with E-state index in [1.807, 2.05) is 219 Å². The molecule has 20 heteroatoms. The molecule has 498 valence electrons. The van der Waals surface area contributed by atoms with E-state index in [-0.39, 0.29) is 29.6 Å². The molecular weight excluding hydrogens is 1340 g/mol. The molecule has 7 aromatic heterocycles. The zero-order valence-corrected chi connectivity index (χ0v) is 56.5. The summed E-state index contributed by atoms with van der Waals surface area (Å²) in [5.74, 6) is 0.152. The molecule has 1 fully saturated rings. The lowest BCUT2D eigenvalue weighted by atomic mass is 9.75. The van der Waals surface area contributed by atoms with E-state index in [0.29, 0.717) is 51.8 Å². The first-order valence-corrected chi connectivity index (χ1v) is 33.0. The summed E-state index contributed by atoms with van der Waals surface area (Å²) in [4.78, 5) is 65.6. The van der Waals surface area contributed by atoms with Crippen LogP contribution in [0.2, 0.25) is 0 Å². The number of para-hydroxylation sites is 3. The molecule has 0 saturated carbocycles. The molecule has 0 atom stereocenters. The lowest BCUT2D eigenvalue weighted by Crippen LogP contribution is -2.42. The van der Waals surface area contributed by atoms with Crippen molar-refractivity contribution in [2.24, 2.45) is 0 Å². The molecule has 15 rings (SSSR count). The minimum Gasteiger partial charge on any atom is -0.423 e. The summed E-state index contributed by atoms with van der Waals surface area (Å²) >= 11 is 3.33. The molecule has 0 spiro atoms. The van der Waals surface area contributed by atoms with Gasteiger partial charge < -0.3 is 19.4 Å². The van der Waals surface area contributed by atoms with Crippen LogP contribution in [0.5, 0.6) is 0 Å². The van der Waals surface area contributed by atoms with Gasteiger partial charge in [0.15, 0.2) is 5.78 Å². The van der Waals surface area contributed by atoms with Crippen LogP contribution in [0.25, 0.3) is 67.5 Å². The predicted octanol–water partition coefficient (Wildman–Crippen LogP) is 13.1. The van der Waals surface area contributed by atoms with Gasteiger partial charge in [-0.25, -0.2) is 0 Å². The Hall–Kier alpha value is -12.7. The second kappa shape index (κ2) is 37.3. The van der Waals surface area contributed by atoms with Gasteiger partial charge in [0.2, 0.25) is 0 Å². The van der Waals surface area contributed by atoms with Crippen LogP contribution in [0, 0.1) is 22.7 Å². The van der Waals surface area contributed by atoms with Gasteiger partial charge in [0.05, 0.1) is 50.5 Å². The number of hydrogen-bond donors (Lipinski definition) is 2. The number of carbonyl (C=O) groups excluding carboxylic acids is 1. The number of allylic oxidation sites excluding steroid dienone is 4. The molecule has 0 unspecified atom stereocenters. The maximum absolute atomic E-state index is 13.3. The van der Waals surface area contributed by atoms with Gasteiger partial charge in [0.1, 0.15) is 0 Å². The van der Waals surface area contributed by atoms with E-state index in [1.165, 1.54) is 0 Å². The fourth-order valence-electron chi connectivity index (χ4n) is 10.4. The molecular formula is C82H64B2BrN9O8. The highest BCUT2D eigenvalue weighted by Gasteiger charge is 2.27. The van der Waals surface area contributed by atoms with Gasteiger partial charge in [-0.15, -0.1) is 0 Å². The topological polar surface area (TPSA) is 241 Å². The Balaban J connectivity index is 0.000000136. The third-order valence-electron chi connectivity index (χ3n) is 15.4. The average molecular weight is 1400 g/mol. The highest BCUT2D eigenvalue weighted by molar-refractivity contribution is 9.10. The lowest BCUT2D eigenvalue weighted by molar-refractivity contribution is -0.113. The first kappa shape index (κ1) is 72.1. The minimum absolute atomic E-state index is 0.0501. The second-order valence-corrected chi connectivity index (χ2v) is 23.1. The van der Waals surface area contributed by atoms with Crippen molar-refractivity contribution >= 4 is 52.4 Å². The Kier molecular flexibility index (Phi) is 26.4. The van der Waals surface area contributed by atoms with Crippen molar-refractivity contribution in [3.63, 3.8) is 0 Å². The molecule has 6 aromatic carbocycles. The Bertz CT molecular complexity index is 5220. The first-order valence-electron chi connectivity index (χ1n) is 32.2. The third kappa shape index (κ3) is 20.0. The maximum Gasteiger partial charge on any atom is 0.495 e. The number of rotatable bonds is 10. The van der Waals surface area contributed by atoms with Crippen LogP contribution >= 0.6 is 15.9 Å². The summed E-state index contributed by atoms with van der Waals surface area (Å²) in [5, 5.41) is 35.5. The van der Waals surface area contributed by atoms with Crippen molar-refractivity contribution in [3.8, 4) is 74.1 Å². The first-order chi connectivity index (χ1) is 50.0. The summed E-state index contributed by atoms with van der Waals surface area (Å²) in [6, 6.07) is 85.8. The van der Waals surface area contributed by atoms with Gasteiger partial charge in [0, 0.05) is 119 Å². The Morgan fingerprint density at radius 2 is 0.882 bits per heavy atom. The monoisotopic (exact) mass is 1400 g/mol. The highest BCUT2D eigenvalue weighted by atomic mass is 79.9. The van der Waals surface area contributed by atoms with Crippen LogP contribution < -0.4 is 27.6 Å². The van der Waals surface area contributed by atoms with Crippen molar-refractivity contribution in [1.82, 2.24) is 33.6 Å².